The summed E-state index contributed by atoms with van der Waals surface area (Å²) in [5.41, 5.74) is 0.808. The lowest BCUT2D eigenvalue weighted by Gasteiger charge is -2.32. The minimum atomic E-state index is -0.460. The Morgan fingerprint density at radius 3 is 2.48 bits per heavy atom. The fourth-order valence-corrected chi connectivity index (χ4v) is 2.83. The summed E-state index contributed by atoms with van der Waals surface area (Å²) in [6.07, 6.45) is 2.22. The highest BCUT2D eigenvalue weighted by atomic mass is 19.1. The van der Waals surface area contributed by atoms with E-state index < -0.39 is 5.82 Å². The second-order valence-corrected chi connectivity index (χ2v) is 5.53. The molecule has 1 aromatic heterocycles. The van der Waals surface area contributed by atoms with Gasteiger partial charge in [0, 0.05) is 44.7 Å². The van der Waals surface area contributed by atoms with Crippen molar-refractivity contribution in [2.24, 2.45) is 0 Å². The molecule has 0 atom stereocenters. The number of benzene rings is 1. The third-order valence-corrected chi connectivity index (χ3v) is 4.09. The Labute approximate surface area is 132 Å². The summed E-state index contributed by atoms with van der Waals surface area (Å²) in [4.78, 5) is 38.4. The first-order valence-electron chi connectivity index (χ1n) is 7.31. The normalized spacial score (nSPS) is 15.0. The fourth-order valence-electron chi connectivity index (χ4n) is 2.83. The molecule has 0 bridgehead atoms. The third-order valence-electron chi connectivity index (χ3n) is 4.09. The number of hydrogen-bond acceptors (Lipinski definition) is 3. The zero-order valence-electron chi connectivity index (χ0n) is 12.7. The second-order valence-electron chi connectivity index (χ2n) is 5.53. The lowest BCUT2D eigenvalue weighted by Crippen LogP contribution is -2.48. The van der Waals surface area contributed by atoms with Crippen LogP contribution in [-0.4, -0.2) is 58.8 Å². The smallest absolute Gasteiger partial charge is 0.256 e. The summed E-state index contributed by atoms with van der Waals surface area (Å²) in [5, 5.41) is 0.419. The molecule has 3 rings (SSSR count). The maximum absolute atomic E-state index is 13.6. The molecule has 2 heterocycles. The quantitative estimate of drug-likeness (QED) is 0.786. The van der Waals surface area contributed by atoms with Gasteiger partial charge < -0.3 is 9.80 Å². The molecule has 0 aliphatic carbocycles. The van der Waals surface area contributed by atoms with Crippen LogP contribution < -0.4 is 0 Å². The number of rotatable bonds is 2. The van der Waals surface area contributed by atoms with E-state index in [0.717, 1.165) is 6.41 Å². The number of nitrogens with zero attached hydrogens (tertiary/aromatic N) is 3. The summed E-state index contributed by atoms with van der Waals surface area (Å²) >= 11 is 0. The zero-order valence-corrected chi connectivity index (χ0v) is 12.7. The van der Waals surface area contributed by atoms with Crippen LogP contribution in [0, 0.1) is 5.82 Å². The van der Waals surface area contributed by atoms with Crippen molar-refractivity contribution in [1.29, 1.82) is 0 Å². The number of halogens is 1. The maximum Gasteiger partial charge on any atom is 0.256 e. The summed E-state index contributed by atoms with van der Waals surface area (Å²) in [6.45, 7) is 3.16. The van der Waals surface area contributed by atoms with Crippen LogP contribution in [0.5, 0.6) is 0 Å². The Bertz CT molecular complexity index is 791. The number of hydrogen-bond donors (Lipinski definition) is 0. The van der Waals surface area contributed by atoms with E-state index in [9.17, 15) is 18.8 Å². The van der Waals surface area contributed by atoms with Gasteiger partial charge in [-0.15, -0.1) is 0 Å². The van der Waals surface area contributed by atoms with E-state index in [0.29, 0.717) is 42.6 Å². The Morgan fingerprint density at radius 1 is 1.17 bits per heavy atom. The summed E-state index contributed by atoms with van der Waals surface area (Å²) in [6, 6.07) is 4.02. The van der Waals surface area contributed by atoms with Crippen LogP contribution in [0.2, 0.25) is 0 Å². The van der Waals surface area contributed by atoms with Crippen LogP contribution in [0.15, 0.2) is 24.4 Å². The topological polar surface area (TPSA) is 62.6 Å². The summed E-state index contributed by atoms with van der Waals surface area (Å²) < 4.78 is 14.9. The van der Waals surface area contributed by atoms with Crippen LogP contribution in [0.1, 0.15) is 22.1 Å². The second kappa shape index (κ2) is 5.83. The predicted molar refractivity (Wildman–Crippen MR) is 81.7 cm³/mol. The van der Waals surface area contributed by atoms with E-state index in [1.54, 1.807) is 9.80 Å². The van der Waals surface area contributed by atoms with Crippen molar-refractivity contribution in [3.8, 4) is 0 Å². The number of amides is 2. The zero-order chi connectivity index (χ0) is 16.6. The minimum absolute atomic E-state index is 0.244. The average molecular weight is 317 g/mol. The first kappa shape index (κ1) is 15.2. The van der Waals surface area contributed by atoms with Crippen molar-refractivity contribution in [3.05, 3.63) is 35.8 Å². The highest BCUT2D eigenvalue weighted by Crippen LogP contribution is 2.24. The third kappa shape index (κ3) is 2.69. The molecule has 0 unspecified atom stereocenters. The Kier molecular flexibility index (Phi) is 3.85. The molecule has 6 nitrogen and oxygen atoms in total. The monoisotopic (exact) mass is 317 g/mol. The van der Waals surface area contributed by atoms with Gasteiger partial charge in [-0.1, -0.05) is 0 Å². The minimum Gasteiger partial charge on any atom is -0.342 e. The first-order valence-corrected chi connectivity index (χ1v) is 7.31. The van der Waals surface area contributed by atoms with Gasteiger partial charge in [0.1, 0.15) is 5.82 Å². The van der Waals surface area contributed by atoms with Gasteiger partial charge in [0.2, 0.25) is 12.3 Å². The van der Waals surface area contributed by atoms with Crippen LogP contribution in [0.4, 0.5) is 4.39 Å². The molecule has 0 spiro atoms. The van der Waals surface area contributed by atoms with E-state index in [1.165, 1.54) is 35.9 Å². The molecule has 2 aromatic rings. The van der Waals surface area contributed by atoms with Crippen molar-refractivity contribution < 1.29 is 18.8 Å². The van der Waals surface area contributed by atoms with Crippen LogP contribution in [0.3, 0.4) is 0 Å². The molecule has 0 N–H and O–H groups in total. The highest BCUT2D eigenvalue weighted by molar-refractivity contribution is 6.09. The lowest BCUT2D eigenvalue weighted by molar-refractivity contribution is -0.119. The molecule has 1 aromatic carbocycles. The predicted octanol–water partition coefficient (Wildman–Crippen LogP) is 1.35. The fraction of sp³-hybridized carbons (Fsp3) is 0.312. The van der Waals surface area contributed by atoms with Crippen LogP contribution in [-0.2, 0) is 4.79 Å². The van der Waals surface area contributed by atoms with Gasteiger partial charge in [-0.2, -0.15) is 0 Å². The van der Waals surface area contributed by atoms with Gasteiger partial charge in [0.05, 0.1) is 11.1 Å². The molecular weight excluding hydrogens is 301 g/mol. The lowest BCUT2D eigenvalue weighted by atomic mass is 10.1. The van der Waals surface area contributed by atoms with Crippen molar-refractivity contribution in [2.45, 2.75) is 6.92 Å². The van der Waals surface area contributed by atoms with Gasteiger partial charge in [0.15, 0.2) is 0 Å². The first-order chi connectivity index (χ1) is 11.0. The van der Waals surface area contributed by atoms with E-state index in [-0.39, 0.29) is 11.8 Å². The van der Waals surface area contributed by atoms with E-state index in [2.05, 4.69) is 0 Å². The molecule has 1 aliphatic heterocycles. The van der Waals surface area contributed by atoms with Crippen LogP contribution in [0.25, 0.3) is 10.9 Å². The SMILES string of the molecule is CC(=O)n1cc(C(=O)N2CCN(C=O)CC2)c2cc(F)ccc21. The molecule has 1 aliphatic rings. The van der Waals surface area contributed by atoms with Crippen molar-refractivity contribution in [2.75, 3.05) is 26.2 Å². The average Bonchev–Trinajstić information content (AvgIpc) is 2.93. The van der Waals surface area contributed by atoms with Gasteiger partial charge in [-0.05, 0) is 18.2 Å². The molecule has 0 saturated carbocycles. The van der Waals surface area contributed by atoms with Crippen LogP contribution >= 0.6 is 0 Å². The number of carbonyl (C=O) groups excluding carboxylic acids is 3. The maximum atomic E-state index is 13.6. The molecule has 2 amide bonds. The van der Waals surface area contributed by atoms with Gasteiger partial charge in [-0.25, -0.2) is 4.39 Å². The standard InChI is InChI=1S/C16H16FN3O3/c1-11(22)20-9-14(13-8-12(17)2-3-15(13)20)16(23)19-6-4-18(10-21)5-7-19/h2-3,8-10H,4-7H2,1H3. The molecule has 1 saturated heterocycles. The van der Waals surface area contributed by atoms with E-state index >= 15 is 0 Å². The molecular formula is C16H16FN3O3. The number of aromatic nitrogens is 1. The Morgan fingerprint density at radius 2 is 1.87 bits per heavy atom. The molecule has 23 heavy (non-hydrogen) atoms. The number of piperazine rings is 1. The van der Waals surface area contributed by atoms with Crippen molar-refractivity contribution >= 4 is 29.1 Å². The van der Waals surface area contributed by atoms with Crippen molar-refractivity contribution in [3.63, 3.8) is 0 Å². The number of fused-ring (bicyclic) bond motifs is 1. The molecule has 120 valence electrons. The number of carbonyl (C=O) groups is 3. The Hall–Kier alpha value is -2.70. The van der Waals surface area contributed by atoms with Gasteiger partial charge >= 0.3 is 0 Å². The van der Waals surface area contributed by atoms with Gasteiger partial charge in [-0.3, -0.25) is 19.0 Å². The molecule has 7 heteroatoms. The van der Waals surface area contributed by atoms with Gasteiger partial charge in [0.25, 0.3) is 5.91 Å². The van der Waals surface area contributed by atoms with E-state index in [4.69, 9.17) is 0 Å². The van der Waals surface area contributed by atoms with E-state index in [1.807, 2.05) is 0 Å². The molecule has 0 radical (unpaired) electrons. The van der Waals surface area contributed by atoms with Crippen molar-refractivity contribution in [1.82, 2.24) is 14.4 Å². The summed E-state index contributed by atoms with van der Waals surface area (Å²) in [7, 11) is 0. The molecule has 1 fully saturated rings. The largest absolute Gasteiger partial charge is 0.342 e. The highest BCUT2D eigenvalue weighted by Gasteiger charge is 2.25. The Balaban J connectivity index is 1.99. The summed E-state index contributed by atoms with van der Waals surface area (Å²) in [5.74, 6) is -0.962.